The molecule has 0 aliphatic carbocycles. The first kappa shape index (κ1) is 14.6. The summed E-state index contributed by atoms with van der Waals surface area (Å²) in [6.07, 6.45) is -4.52. The maximum absolute atomic E-state index is 13.0. The zero-order valence-corrected chi connectivity index (χ0v) is 10.4. The van der Waals surface area contributed by atoms with Crippen LogP contribution in [0, 0.1) is 5.41 Å². The van der Waals surface area contributed by atoms with Gasteiger partial charge in [-0.25, -0.2) is 0 Å². The van der Waals surface area contributed by atoms with Crippen LogP contribution in [0.5, 0.6) is 0 Å². The van der Waals surface area contributed by atoms with Gasteiger partial charge in [-0.05, 0) is 13.3 Å². The van der Waals surface area contributed by atoms with E-state index in [0.29, 0.717) is 0 Å². The molecule has 0 aromatic rings. The minimum atomic E-state index is -4.38. The van der Waals surface area contributed by atoms with Crippen molar-refractivity contribution >= 4 is 17.5 Å². The lowest BCUT2D eigenvalue weighted by Gasteiger charge is -2.31. The molecule has 0 spiro atoms. The fourth-order valence-electron chi connectivity index (χ4n) is 2.02. The first-order chi connectivity index (χ1) is 7.73. The van der Waals surface area contributed by atoms with E-state index < -0.39 is 29.5 Å². The molecule has 0 aromatic heterocycles. The summed E-state index contributed by atoms with van der Waals surface area (Å²) in [6.45, 7) is 0.712. The van der Waals surface area contributed by atoms with E-state index in [0.717, 1.165) is 4.90 Å². The van der Waals surface area contributed by atoms with Gasteiger partial charge >= 0.3 is 6.18 Å². The number of methoxy groups -OCH3 is 1. The summed E-state index contributed by atoms with van der Waals surface area (Å²) in [4.78, 5) is 12.7. The maximum Gasteiger partial charge on any atom is 0.398 e. The highest BCUT2D eigenvalue weighted by Crippen LogP contribution is 2.45. The second kappa shape index (κ2) is 5.02. The van der Waals surface area contributed by atoms with E-state index >= 15 is 0 Å². The Balaban J connectivity index is 2.83. The summed E-state index contributed by atoms with van der Waals surface area (Å²) in [6, 6.07) is 0. The van der Waals surface area contributed by atoms with E-state index in [1.165, 1.54) is 14.0 Å². The fraction of sp³-hybridized carbons (Fsp3) is 0.900. The van der Waals surface area contributed by atoms with E-state index in [2.05, 4.69) is 4.74 Å². The zero-order chi connectivity index (χ0) is 13.3. The standard InChI is InChI=1S/C10H15ClF3NO2/c1-7(11)8(16)15-4-3-9(5-15,6-17-2)10(12,13)14/h7H,3-6H2,1-2H3/t7-,9+/m0/s1. The largest absolute Gasteiger partial charge is 0.398 e. The number of halogens is 4. The highest BCUT2D eigenvalue weighted by Gasteiger charge is 2.58. The quantitative estimate of drug-likeness (QED) is 0.737. The molecule has 1 heterocycles. The molecule has 0 N–H and O–H groups in total. The Kier molecular flexibility index (Phi) is 4.30. The third kappa shape index (κ3) is 2.85. The molecule has 1 aliphatic heterocycles. The molecule has 0 radical (unpaired) electrons. The van der Waals surface area contributed by atoms with E-state index in [4.69, 9.17) is 11.6 Å². The zero-order valence-electron chi connectivity index (χ0n) is 9.68. The molecule has 0 bridgehead atoms. The predicted molar refractivity (Wildman–Crippen MR) is 56.9 cm³/mol. The Morgan fingerprint density at radius 3 is 2.59 bits per heavy atom. The molecule has 1 amide bonds. The minimum Gasteiger partial charge on any atom is -0.384 e. The predicted octanol–water partition coefficient (Wildman–Crippen LogP) is 2.04. The molecular weight excluding hydrogens is 259 g/mol. The van der Waals surface area contributed by atoms with Gasteiger partial charge in [-0.15, -0.1) is 11.6 Å². The number of hydrogen-bond donors (Lipinski definition) is 0. The van der Waals surface area contributed by atoms with Gasteiger partial charge in [0.2, 0.25) is 5.91 Å². The van der Waals surface area contributed by atoms with Crippen LogP contribution < -0.4 is 0 Å². The Morgan fingerprint density at radius 1 is 1.59 bits per heavy atom. The van der Waals surface area contributed by atoms with Crippen LogP contribution in [-0.4, -0.2) is 49.2 Å². The summed E-state index contributed by atoms with van der Waals surface area (Å²) in [5.74, 6) is -0.464. The van der Waals surface area contributed by atoms with Crippen LogP contribution in [0.3, 0.4) is 0 Å². The SMILES string of the molecule is COC[C@@]1(C(F)(F)F)CCN(C(=O)[C@H](C)Cl)C1. The van der Waals surface area contributed by atoms with Gasteiger partial charge in [0.05, 0.1) is 6.61 Å². The molecule has 1 rings (SSSR count). The van der Waals surface area contributed by atoms with Gasteiger partial charge in [0, 0.05) is 20.2 Å². The first-order valence-electron chi connectivity index (χ1n) is 5.22. The molecule has 0 saturated carbocycles. The smallest absolute Gasteiger partial charge is 0.384 e. The maximum atomic E-state index is 13.0. The number of rotatable bonds is 3. The topological polar surface area (TPSA) is 29.5 Å². The molecule has 1 aliphatic rings. The molecular formula is C10H15ClF3NO2. The van der Waals surface area contributed by atoms with Crippen LogP contribution in [0.4, 0.5) is 13.2 Å². The van der Waals surface area contributed by atoms with Gasteiger partial charge < -0.3 is 9.64 Å². The molecule has 2 atom stereocenters. The lowest BCUT2D eigenvalue weighted by molar-refractivity contribution is -0.232. The number of ether oxygens (including phenoxy) is 1. The van der Waals surface area contributed by atoms with Crippen LogP contribution in [0.1, 0.15) is 13.3 Å². The lowest BCUT2D eigenvalue weighted by Crippen LogP contribution is -2.45. The summed E-state index contributed by atoms with van der Waals surface area (Å²) >= 11 is 5.59. The highest BCUT2D eigenvalue weighted by molar-refractivity contribution is 6.30. The van der Waals surface area contributed by atoms with Crippen molar-refractivity contribution in [2.75, 3.05) is 26.8 Å². The van der Waals surface area contributed by atoms with Crippen LogP contribution in [-0.2, 0) is 9.53 Å². The number of hydrogen-bond acceptors (Lipinski definition) is 2. The van der Waals surface area contributed by atoms with Crippen molar-refractivity contribution in [2.24, 2.45) is 5.41 Å². The molecule has 1 fully saturated rings. The van der Waals surface area contributed by atoms with Crippen molar-refractivity contribution in [3.05, 3.63) is 0 Å². The van der Waals surface area contributed by atoms with Crippen LogP contribution in [0.2, 0.25) is 0 Å². The number of carbonyl (C=O) groups excluding carboxylic acids is 1. The van der Waals surface area contributed by atoms with Gasteiger partial charge in [0.25, 0.3) is 0 Å². The van der Waals surface area contributed by atoms with Crippen molar-refractivity contribution in [1.29, 1.82) is 0 Å². The number of likely N-dealkylation sites (tertiary alicyclic amines) is 1. The fourth-order valence-corrected chi connectivity index (χ4v) is 2.16. The van der Waals surface area contributed by atoms with Crippen LogP contribution in [0.15, 0.2) is 0 Å². The third-order valence-corrected chi connectivity index (χ3v) is 3.21. The minimum absolute atomic E-state index is 0.0682. The molecule has 0 unspecified atom stereocenters. The molecule has 1 saturated heterocycles. The highest BCUT2D eigenvalue weighted by atomic mass is 35.5. The van der Waals surface area contributed by atoms with Gasteiger partial charge in [-0.1, -0.05) is 0 Å². The van der Waals surface area contributed by atoms with Crippen molar-refractivity contribution < 1.29 is 22.7 Å². The second-order valence-electron chi connectivity index (χ2n) is 4.34. The average molecular weight is 274 g/mol. The third-order valence-electron chi connectivity index (χ3n) is 3.03. The second-order valence-corrected chi connectivity index (χ2v) is 4.99. The number of amides is 1. The van der Waals surface area contributed by atoms with E-state index in [1.807, 2.05) is 0 Å². The lowest BCUT2D eigenvalue weighted by atomic mass is 9.87. The van der Waals surface area contributed by atoms with Crippen molar-refractivity contribution in [3.8, 4) is 0 Å². The summed E-state index contributed by atoms with van der Waals surface area (Å²) in [7, 11) is 1.22. The van der Waals surface area contributed by atoms with Gasteiger partial charge in [0.1, 0.15) is 10.8 Å². The average Bonchev–Trinajstić information content (AvgIpc) is 2.62. The number of alkyl halides is 4. The monoisotopic (exact) mass is 273 g/mol. The summed E-state index contributed by atoms with van der Waals surface area (Å²) < 4.78 is 43.6. The summed E-state index contributed by atoms with van der Waals surface area (Å²) in [5, 5.41) is -0.804. The molecule has 3 nitrogen and oxygen atoms in total. The van der Waals surface area contributed by atoms with Gasteiger partial charge in [-0.3, -0.25) is 4.79 Å². The van der Waals surface area contributed by atoms with Crippen LogP contribution >= 0.6 is 11.6 Å². The Bertz CT molecular complexity index is 296. The van der Waals surface area contributed by atoms with E-state index in [9.17, 15) is 18.0 Å². The molecule has 7 heteroatoms. The van der Waals surface area contributed by atoms with Crippen molar-refractivity contribution in [3.63, 3.8) is 0 Å². The van der Waals surface area contributed by atoms with Crippen molar-refractivity contribution in [2.45, 2.75) is 24.9 Å². The molecule has 100 valence electrons. The normalized spacial score (nSPS) is 27.3. The van der Waals surface area contributed by atoms with Gasteiger partial charge in [-0.2, -0.15) is 13.2 Å². The first-order valence-corrected chi connectivity index (χ1v) is 5.66. The van der Waals surface area contributed by atoms with Crippen LogP contribution in [0.25, 0.3) is 0 Å². The number of nitrogens with zero attached hydrogens (tertiary/aromatic N) is 1. The Hall–Kier alpha value is -0.490. The van der Waals surface area contributed by atoms with E-state index in [1.54, 1.807) is 0 Å². The summed E-state index contributed by atoms with van der Waals surface area (Å²) in [5.41, 5.74) is -1.96. The van der Waals surface area contributed by atoms with Crippen molar-refractivity contribution in [1.82, 2.24) is 4.90 Å². The Morgan fingerprint density at radius 2 is 2.18 bits per heavy atom. The molecule has 17 heavy (non-hydrogen) atoms. The Labute approximate surface area is 103 Å². The number of carbonyl (C=O) groups is 1. The molecule has 0 aromatic carbocycles. The van der Waals surface area contributed by atoms with Gasteiger partial charge in [0.15, 0.2) is 0 Å². The van der Waals surface area contributed by atoms with E-state index in [-0.39, 0.29) is 19.5 Å².